The predicted molar refractivity (Wildman–Crippen MR) is 101 cm³/mol. The molecule has 1 saturated heterocycles. The fraction of sp³-hybridized carbons (Fsp3) is 0.417. The van der Waals surface area contributed by atoms with E-state index in [-0.39, 0.29) is 17.0 Å². The Morgan fingerprint density at radius 1 is 1.25 bits per heavy atom. The minimum atomic E-state index is -5.73. The zero-order valence-corrected chi connectivity index (χ0v) is 18.2. The molecule has 16 nitrogen and oxygen atoms in total. The summed E-state index contributed by atoms with van der Waals surface area (Å²) in [6.45, 7) is -1.02. The quantitative estimate of drug-likeness (QED) is 0.235. The maximum Gasteiger partial charge on any atom is 0.490 e. The first kappa shape index (κ1) is 24.8. The van der Waals surface area contributed by atoms with Gasteiger partial charge in [-0.15, -0.1) is 6.42 Å². The van der Waals surface area contributed by atoms with Gasteiger partial charge in [-0.1, -0.05) is 5.92 Å². The number of terminal acetylenes is 1. The number of aromatic nitrogens is 4. The van der Waals surface area contributed by atoms with Crippen molar-refractivity contribution in [3.8, 4) is 12.3 Å². The molecule has 0 aromatic carbocycles. The van der Waals surface area contributed by atoms with E-state index in [1.807, 2.05) is 0 Å². The highest BCUT2D eigenvalue weighted by molar-refractivity contribution is 7.66. The van der Waals surface area contributed by atoms with Crippen LogP contribution in [0.4, 0.5) is 10.2 Å². The molecular weight excluding hydrogens is 502 g/mol. The number of nitrogens with two attached hydrogens (primary N) is 1. The largest absolute Gasteiger partial charge is 0.490 e. The molecule has 1 fully saturated rings. The van der Waals surface area contributed by atoms with E-state index < -0.39 is 54.5 Å². The molecule has 5 unspecified atom stereocenters. The molecule has 32 heavy (non-hydrogen) atoms. The highest BCUT2D eigenvalue weighted by Crippen LogP contribution is 2.66. The normalized spacial score (nSPS) is 27.6. The van der Waals surface area contributed by atoms with E-state index in [9.17, 15) is 27.9 Å². The van der Waals surface area contributed by atoms with E-state index in [4.69, 9.17) is 26.7 Å². The number of ether oxygens (including phenoxy) is 1. The summed E-state index contributed by atoms with van der Waals surface area (Å²) in [6.07, 6.45) is 3.92. The molecular formula is C12H15FN5O11P3. The minimum absolute atomic E-state index is 0.0260. The van der Waals surface area contributed by atoms with Gasteiger partial charge in [0.2, 0.25) is 0 Å². The van der Waals surface area contributed by atoms with Gasteiger partial charge in [0, 0.05) is 6.42 Å². The number of fused-ring (bicyclic) bond motifs is 1. The molecule has 0 bridgehead atoms. The van der Waals surface area contributed by atoms with Crippen LogP contribution in [0.5, 0.6) is 0 Å². The number of hydrogen-bond donors (Lipinski definition) is 5. The van der Waals surface area contributed by atoms with Crippen molar-refractivity contribution in [2.45, 2.75) is 24.4 Å². The lowest BCUT2D eigenvalue weighted by molar-refractivity contribution is -0.0696. The third kappa shape index (κ3) is 5.57. The highest BCUT2D eigenvalue weighted by Gasteiger charge is 2.50. The van der Waals surface area contributed by atoms with Gasteiger partial charge in [0.1, 0.15) is 18.0 Å². The topological polar surface area (TPSA) is 239 Å². The van der Waals surface area contributed by atoms with Crippen LogP contribution in [0, 0.1) is 12.3 Å². The van der Waals surface area contributed by atoms with Gasteiger partial charge in [-0.25, -0.2) is 33.0 Å². The molecule has 2 aromatic heterocycles. The van der Waals surface area contributed by atoms with Gasteiger partial charge in [0.05, 0.1) is 12.9 Å². The number of hydrogen-bond acceptors (Lipinski definition) is 11. The van der Waals surface area contributed by atoms with Crippen molar-refractivity contribution < 1.29 is 55.5 Å². The number of rotatable bonds is 8. The molecule has 0 radical (unpaired) electrons. The Morgan fingerprint density at radius 3 is 2.56 bits per heavy atom. The number of phosphoric acid groups is 3. The van der Waals surface area contributed by atoms with Crippen molar-refractivity contribution in [3.63, 3.8) is 0 Å². The maximum absolute atomic E-state index is 14.8. The molecule has 1 aliphatic rings. The second-order valence-corrected chi connectivity index (χ2v) is 10.7. The molecule has 0 aliphatic carbocycles. The second-order valence-electron chi connectivity index (χ2n) is 6.31. The molecule has 3 rings (SSSR count). The van der Waals surface area contributed by atoms with Crippen LogP contribution < -0.4 is 5.73 Å². The van der Waals surface area contributed by atoms with Crippen LogP contribution in [0.15, 0.2) is 12.7 Å². The van der Waals surface area contributed by atoms with E-state index in [1.165, 1.54) is 10.9 Å². The molecule has 0 saturated carbocycles. The summed E-state index contributed by atoms with van der Waals surface area (Å²) >= 11 is 0. The molecule has 3 heterocycles. The van der Waals surface area contributed by atoms with E-state index in [0.29, 0.717) is 0 Å². The van der Waals surface area contributed by atoms with Crippen molar-refractivity contribution >= 4 is 40.4 Å². The zero-order chi connectivity index (χ0) is 23.9. The van der Waals surface area contributed by atoms with Crippen LogP contribution in [0.2, 0.25) is 0 Å². The van der Waals surface area contributed by atoms with Gasteiger partial charge in [0.25, 0.3) is 0 Å². The summed E-state index contributed by atoms with van der Waals surface area (Å²) in [5.74, 6) is 2.11. The molecule has 5 atom stereocenters. The Labute approximate surface area is 178 Å². The van der Waals surface area contributed by atoms with Gasteiger partial charge in [0.15, 0.2) is 23.3 Å². The number of anilines is 1. The van der Waals surface area contributed by atoms with Crippen LogP contribution in [0.3, 0.4) is 0 Å². The Morgan fingerprint density at radius 2 is 1.94 bits per heavy atom. The predicted octanol–water partition coefficient (Wildman–Crippen LogP) is 0.381. The molecule has 20 heteroatoms. The Balaban J connectivity index is 1.75. The van der Waals surface area contributed by atoms with E-state index in [1.54, 1.807) is 0 Å². The van der Waals surface area contributed by atoms with Gasteiger partial charge in [-0.3, -0.25) is 9.09 Å². The first-order chi connectivity index (χ1) is 14.7. The van der Waals surface area contributed by atoms with Gasteiger partial charge >= 0.3 is 23.5 Å². The number of alkyl halides is 1. The lowest BCUT2D eigenvalue weighted by atomic mass is 10.0. The average Bonchev–Trinajstić information content (AvgIpc) is 3.19. The highest BCUT2D eigenvalue weighted by atomic mass is 31.3. The zero-order valence-electron chi connectivity index (χ0n) is 15.5. The summed E-state index contributed by atoms with van der Waals surface area (Å²) in [4.78, 5) is 47.5. The number of nitrogen functional groups attached to an aromatic ring is 1. The number of imidazole rings is 1. The summed E-state index contributed by atoms with van der Waals surface area (Å²) in [7, 11) is -16.8. The molecule has 1 aliphatic heterocycles. The van der Waals surface area contributed by atoms with E-state index >= 15 is 0 Å². The molecule has 0 amide bonds. The van der Waals surface area contributed by atoms with Crippen LogP contribution >= 0.6 is 23.5 Å². The standard InChI is InChI=1S/C12H15FN5O11P3/c1-2-12(4-26-31(22,23)29-32(24,25)28-30(19,20)21)3-7(13)11(27-12)18-6-17-8-9(14)15-5-16-10(8)18/h1,5-7,11H,3-4H2,(H,22,23)(H,24,25)(H2,14,15,16)(H2,19,20,21). The summed E-state index contributed by atoms with van der Waals surface area (Å²) in [6, 6.07) is 0. The summed E-state index contributed by atoms with van der Waals surface area (Å²) in [5, 5.41) is 0. The van der Waals surface area contributed by atoms with Crippen LogP contribution in [0.1, 0.15) is 12.6 Å². The van der Waals surface area contributed by atoms with E-state index in [0.717, 1.165) is 6.33 Å². The van der Waals surface area contributed by atoms with Crippen molar-refractivity contribution in [3.05, 3.63) is 12.7 Å². The van der Waals surface area contributed by atoms with Gasteiger partial charge in [-0.05, 0) is 0 Å². The molecule has 2 aromatic rings. The minimum Gasteiger partial charge on any atom is -0.382 e. The van der Waals surface area contributed by atoms with Crippen molar-refractivity contribution in [2.75, 3.05) is 12.3 Å². The Bertz CT molecular complexity index is 1210. The number of halogens is 1. The van der Waals surface area contributed by atoms with Crippen molar-refractivity contribution in [1.29, 1.82) is 0 Å². The Hall–Kier alpha value is -1.79. The SMILES string of the molecule is C#CC1(COP(=O)(O)OP(=O)(O)OP(=O)(O)O)CC(F)C(n2cnc3c(N)ncnc32)O1. The fourth-order valence-corrected chi connectivity index (χ4v) is 5.84. The first-order valence-corrected chi connectivity index (χ1v) is 12.7. The molecule has 176 valence electrons. The second kappa shape index (κ2) is 8.53. The van der Waals surface area contributed by atoms with Crippen LogP contribution in [-0.4, -0.2) is 57.5 Å². The summed E-state index contributed by atoms with van der Waals surface area (Å²) in [5.41, 5.74) is 4.00. The van der Waals surface area contributed by atoms with Crippen molar-refractivity contribution in [2.24, 2.45) is 0 Å². The van der Waals surface area contributed by atoms with Crippen LogP contribution in [0.25, 0.3) is 11.2 Å². The van der Waals surface area contributed by atoms with Crippen LogP contribution in [-0.2, 0) is 31.6 Å². The number of phosphoric ester groups is 1. The third-order valence-corrected chi connectivity index (χ3v) is 7.76. The maximum atomic E-state index is 14.8. The van der Waals surface area contributed by atoms with Crippen molar-refractivity contribution in [1.82, 2.24) is 19.5 Å². The lowest BCUT2D eigenvalue weighted by Crippen LogP contribution is -2.32. The fourth-order valence-electron chi connectivity index (χ4n) is 2.77. The van der Waals surface area contributed by atoms with E-state index in [2.05, 4.69) is 34.0 Å². The van der Waals surface area contributed by atoms with Gasteiger partial charge in [-0.2, -0.15) is 8.62 Å². The molecule has 0 spiro atoms. The average molecular weight is 517 g/mol. The third-order valence-electron chi connectivity index (χ3n) is 3.98. The monoisotopic (exact) mass is 517 g/mol. The smallest absolute Gasteiger partial charge is 0.382 e. The molecule has 6 N–H and O–H groups in total. The lowest BCUT2D eigenvalue weighted by Gasteiger charge is -2.24. The number of nitrogens with zero attached hydrogens (tertiary/aromatic N) is 4. The Kier molecular flexibility index (Phi) is 6.62. The van der Waals surface area contributed by atoms with Gasteiger partial charge < -0.3 is 30.0 Å². The summed E-state index contributed by atoms with van der Waals surface area (Å²) < 4.78 is 67.1. The first-order valence-electron chi connectivity index (χ1n) is 8.17.